The predicted octanol–water partition coefficient (Wildman–Crippen LogP) is 0.847. The van der Waals surface area contributed by atoms with E-state index in [2.05, 4.69) is 36.3 Å². The molecule has 1 aromatic heterocycles. The van der Waals surface area contributed by atoms with E-state index < -0.39 is 6.04 Å². The Morgan fingerprint density at radius 1 is 1.47 bits per heavy atom. The molecule has 1 heterocycles. The molecule has 1 aromatic rings. The second-order valence-corrected chi connectivity index (χ2v) is 6.09. The molecule has 0 bridgehead atoms. The van der Waals surface area contributed by atoms with Crippen molar-refractivity contribution >= 4 is 29.7 Å². The van der Waals surface area contributed by atoms with Crippen molar-refractivity contribution in [1.82, 2.24) is 15.5 Å². The Labute approximate surface area is 123 Å². The SMILES string of the molecule is COCC(N)C(=O)NCc1nnc(C(C)(C)C)s1.Cl. The lowest BCUT2D eigenvalue weighted by Gasteiger charge is -2.12. The standard InChI is InChI=1S/C11H20N4O2S.ClH/c1-11(2,3)10-15-14-8(18-10)5-13-9(16)7(12)6-17-4;/h7H,5-6,12H2,1-4H3,(H,13,16);1H. The van der Waals surface area contributed by atoms with Crippen LogP contribution < -0.4 is 11.1 Å². The first kappa shape index (κ1) is 18.2. The van der Waals surface area contributed by atoms with Gasteiger partial charge in [-0.15, -0.1) is 22.6 Å². The zero-order valence-electron chi connectivity index (χ0n) is 11.6. The molecule has 0 fully saturated rings. The maximum Gasteiger partial charge on any atom is 0.239 e. The number of halogens is 1. The fourth-order valence-corrected chi connectivity index (χ4v) is 2.01. The van der Waals surface area contributed by atoms with E-state index in [0.717, 1.165) is 10.0 Å². The van der Waals surface area contributed by atoms with E-state index in [1.165, 1.54) is 18.4 Å². The zero-order chi connectivity index (χ0) is 13.8. The van der Waals surface area contributed by atoms with E-state index in [1.807, 2.05) is 0 Å². The minimum atomic E-state index is -0.648. The average molecular weight is 309 g/mol. The van der Waals surface area contributed by atoms with Crippen LogP contribution in [0.5, 0.6) is 0 Å². The monoisotopic (exact) mass is 308 g/mol. The minimum absolute atomic E-state index is 0. The van der Waals surface area contributed by atoms with Crippen molar-refractivity contribution in [3.63, 3.8) is 0 Å². The highest BCUT2D eigenvalue weighted by molar-refractivity contribution is 7.11. The topological polar surface area (TPSA) is 90.1 Å². The number of carbonyl (C=O) groups excluding carboxylic acids is 1. The van der Waals surface area contributed by atoms with Gasteiger partial charge < -0.3 is 15.8 Å². The highest BCUT2D eigenvalue weighted by Crippen LogP contribution is 2.25. The van der Waals surface area contributed by atoms with E-state index in [9.17, 15) is 4.79 Å². The fraction of sp³-hybridized carbons (Fsp3) is 0.727. The van der Waals surface area contributed by atoms with E-state index in [0.29, 0.717) is 6.54 Å². The predicted molar refractivity (Wildman–Crippen MR) is 77.6 cm³/mol. The van der Waals surface area contributed by atoms with Crippen molar-refractivity contribution in [2.24, 2.45) is 5.73 Å². The smallest absolute Gasteiger partial charge is 0.239 e. The van der Waals surface area contributed by atoms with Crippen LogP contribution in [-0.4, -0.2) is 35.9 Å². The van der Waals surface area contributed by atoms with Gasteiger partial charge in [0.15, 0.2) is 0 Å². The van der Waals surface area contributed by atoms with Gasteiger partial charge in [-0.25, -0.2) is 0 Å². The molecular formula is C11H21ClN4O2S. The summed E-state index contributed by atoms with van der Waals surface area (Å²) < 4.78 is 4.81. The largest absolute Gasteiger partial charge is 0.383 e. The normalized spacial score (nSPS) is 12.7. The fourth-order valence-electron chi connectivity index (χ4n) is 1.18. The van der Waals surface area contributed by atoms with Gasteiger partial charge in [-0.3, -0.25) is 4.79 Å². The number of nitrogens with zero attached hydrogens (tertiary/aromatic N) is 2. The van der Waals surface area contributed by atoms with Gasteiger partial charge in [-0.1, -0.05) is 32.1 Å². The molecule has 0 radical (unpaired) electrons. The highest BCUT2D eigenvalue weighted by Gasteiger charge is 2.20. The van der Waals surface area contributed by atoms with Crippen LogP contribution in [0.2, 0.25) is 0 Å². The molecule has 1 atom stereocenters. The van der Waals surface area contributed by atoms with Crippen LogP contribution >= 0.6 is 23.7 Å². The summed E-state index contributed by atoms with van der Waals surface area (Å²) in [4.78, 5) is 11.6. The molecule has 8 heteroatoms. The van der Waals surface area contributed by atoms with Gasteiger partial charge >= 0.3 is 0 Å². The molecule has 110 valence electrons. The summed E-state index contributed by atoms with van der Waals surface area (Å²) in [5.41, 5.74) is 5.58. The number of carbonyl (C=O) groups is 1. The van der Waals surface area contributed by atoms with E-state index in [1.54, 1.807) is 0 Å². The first-order valence-corrected chi connectivity index (χ1v) is 6.51. The lowest BCUT2D eigenvalue weighted by atomic mass is 9.98. The molecule has 0 saturated carbocycles. The summed E-state index contributed by atoms with van der Waals surface area (Å²) in [5, 5.41) is 12.6. The summed E-state index contributed by atoms with van der Waals surface area (Å²) in [5.74, 6) is -0.246. The number of amides is 1. The average Bonchev–Trinajstić information content (AvgIpc) is 2.74. The Morgan fingerprint density at radius 3 is 2.58 bits per heavy atom. The van der Waals surface area contributed by atoms with Crippen molar-refractivity contribution in [3.05, 3.63) is 10.0 Å². The number of aromatic nitrogens is 2. The van der Waals surface area contributed by atoms with E-state index >= 15 is 0 Å². The summed E-state index contributed by atoms with van der Waals surface area (Å²) >= 11 is 1.50. The Morgan fingerprint density at radius 2 is 2.11 bits per heavy atom. The number of nitrogens with two attached hydrogens (primary N) is 1. The van der Waals surface area contributed by atoms with Gasteiger partial charge in [0.2, 0.25) is 5.91 Å². The number of rotatable bonds is 5. The highest BCUT2D eigenvalue weighted by atomic mass is 35.5. The molecule has 1 unspecified atom stereocenters. The quantitative estimate of drug-likeness (QED) is 0.841. The molecule has 0 saturated heterocycles. The van der Waals surface area contributed by atoms with Crippen molar-refractivity contribution < 1.29 is 9.53 Å². The Balaban J connectivity index is 0.00000324. The maximum atomic E-state index is 11.6. The van der Waals surface area contributed by atoms with E-state index in [4.69, 9.17) is 10.5 Å². The third-order valence-corrected chi connectivity index (χ3v) is 3.55. The first-order valence-electron chi connectivity index (χ1n) is 5.69. The van der Waals surface area contributed by atoms with Gasteiger partial charge in [0.25, 0.3) is 0 Å². The van der Waals surface area contributed by atoms with Crippen LogP contribution in [0.1, 0.15) is 30.8 Å². The summed E-state index contributed by atoms with van der Waals surface area (Å²) in [6, 6.07) is -0.648. The molecular weight excluding hydrogens is 288 g/mol. The summed E-state index contributed by atoms with van der Waals surface area (Å²) in [6.07, 6.45) is 0. The minimum Gasteiger partial charge on any atom is -0.383 e. The summed E-state index contributed by atoms with van der Waals surface area (Å²) in [6.45, 7) is 6.78. The third kappa shape index (κ3) is 5.82. The maximum absolute atomic E-state index is 11.6. The lowest BCUT2D eigenvalue weighted by molar-refractivity contribution is -0.123. The summed E-state index contributed by atoms with van der Waals surface area (Å²) in [7, 11) is 1.51. The second-order valence-electron chi connectivity index (χ2n) is 5.03. The Hall–Kier alpha value is -0.760. The molecule has 3 N–H and O–H groups in total. The first-order chi connectivity index (χ1) is 8.34. The van der Waals surface area contributed by atoms with Crippen molar-refractivity contribution in [3.8, 4) is 0 Å². The van der Waals surface area contributed by atoms with Crippen LogP contribution in [0, 0.1) is 0 Å². The van der Waals surface area contributed by atoms with Crippen molar-refractivity contribution in [2.75, 3.05) is 13.7 Å². The molecule has 1 rings (SSSR count). The van der Waals surface area contributed by atoms with Crippen LogP contribution in [0.25, 0.3) is 0 Å². The Bertz CT molecular complexity index is 406. The number of nitrogens with one attached hydrogen (secondary N) is 1. The Kier molecular flexibility index (Phi) is 7.43. The van der Waals surface area contributed by atoms with Crippen LogP contribution in [0.4, 0.5) is 0 Å². The van der Waals surface area contributed by atoms with Crippen LogP contribution in [0.3, 0.4) is 0 Å². The molecule has 0 aliphatic rings. The van der Waals surface area contributed by atoms with Crippen LogP contribution in [0.15, 0.2) is 0 Å². The second kappa shape index (κ2) is 7.74. The van der Waals surface area contributed by atoms with Gasteiger partial charge in [-0.2, -0.15) is 0 Å². The van der Waals surface area contributed by atoms with Gasteiger partial charge in [0.05, 0.1) is 13.2 Å². The molecule has 1 amide bonds. The number of ether oxygens (including phenoxy) is 1. The van der Waals surface area contributed by atoms with Gasteiger partial charge in [0, 0.05) is 12.5 Å². The molecule has 6 nitrogen and oxygen atoms in total. The number of hydrogen-bond acceptors (Lipinski definition) is 6. The molecule has 0 spiro atoms. The van der Waals surface area contributed by atoms with Gasteiger partial charge in [-0.05, 0) is 0 Å². The molecule has 0 aromatic carbocycles. The van der Waals surface area contributed by atoms with Crippen molar-refractivity contribution in [2.45, 2.75) is 38.8 Å². The lowest BCUT2D eigenvalue weighted by Crippen LogP contribution is -2.43. The van der Waals surface area contributed by atoms with Crippen LogP contribution in [-0.2, 0) is 21.5 Å². The molecule has 0 aliphatic heterocycles. The molecule has 0 aliphatic carbocycles. The number of hydrogen-bond donors (Lipinski definition) is 2. The van der Waals surface area contributed by atoms with Gasteiger partial charge in [0.1, 0.15) is 16.1 Å². The molecule has 19 heavy (non-hydrogen) atoms. The third-order valence-electron chi connectivity index (χ3n) is 2.21. The zero-order valence-corrected chi connectivity index (χ0v) is 13.2. The number of methoxy groups -OCH3 is 1. The van der Waals surface area contributed by atoms with Crippen molar-refractivity contribution in [1.29, 1.82) is 0 Å². The van der Waals surface area contributed by atoms with E-state index in [-0.39, 0.29) is 30.3 Å².